The number of anilines is 2. The Balaban J connectivity index is 1.02. The summed E-state index contributed by atoms with van der Waals surface area (Å²) in [6.45, 7) is 5.10. The normalized spacial score (nSPS) is 25.3. The Kier molecular flexibility index (Phi) is 5.07. The standard InChI is InChI=1S/C30H30N8O/c1-39-29-5-2-19(10-33-29)13-37-25-7-26(37)17-36(16-25)28-4-3-20(11-32-28)27-8-24(35-14-21-6-22(21)15-35)18-38-30(27)23(9-31)12-34-38/h2-5,8,10-12,18,21-22,25-26H,6-7,13-17H2,1H3. The van der Waals surface area contributed by atoms with E-state index in [0.717, 1.165) is 67.0 Å². The van der Waals surface area contributed by atoms with E-state index in [2.05, 4.69) is 61.3 Å². The molecule has 4 aliphatic heterocycles. The highest BCUT2D eigenvalue weighted by Crippen LogP contribution is 2.47. The van der Waals surface area contributed by atoms with Crippen molar-refractivity contribution in [1.82, 2.24) is 24.5 Å². The van der Waals surface area contributed by atoms with Crippen molar-refractivity contribution in [3.63, 3.8) is 0 Å². The number of nitrogens with zero attached hydrogens (tertiary/aromatic N) is 8. The van der Waals surface area contributed by atoms with E-state index in [1.54, 1.807) is 13.3 Å². The van der Waals surface area contributed by atoms with E-state index < -0.39 is 0 Å². The summed E-state index contributed by atoms with van der Waals surface area (Å²) in [6.07, 6.45) is 10.2. The van der Waals surface area contributed by atoms with E-state index in [9.17, 15) is 5.26 Å². The van der Waals surface area contributed by atoms with Crippen LogP contribution in [0.1, 0.15) is 24.0 Å². The predicted octanol–water partition coefficient (Wildman–Crippen LogP) is 3.59. The van der Waals surface area contributed by atoms with Gasteiger partial charge in [-0.15, -0.1) is 0 Å². The second-order valence-corrected chi connectivity index (χ2v) is 11.5. The van der Waals surface area contributed by atoms with Crippen LogP contribution in [0, 0.1) is 23.2 Å². The fourth-order valence-electron chi connectivity index (χ4n) is 6.89. The van der Waals surface area contributed by atoms with Gasteiger partial charge in [-0.25, -0.2) is 14.5 Å². The van der Waals surface area contributed by atoms with Gasteiger partial charge < -0.3 is 14.5 Å². The van der Waals surface area contributed by atoms with Crippen LogP contribution >= 0.6 is 0 Å². The first-order chi connectivity index (χ1) is 19.2. The van der Waals surface area contributed by atoms with Crippen LogP contribution in [0.15, 0.2) is 55.1 Å². The zero-order valence-electron chi connectivity index (χ0n) is 21.9. The van der Waals surface area contributed by atoms with Crippen molar-refractivity contribution in [2.75, 3.05) is 43.1 Å². The number of piperazine rings is 1. The van der Waals surface area contributed by atoms with Gasteiger partial charge in [0.2, 0.25) is 5.88 Å². The Bertz CT molecular complexity index is 1570. The zero-order valence-corrected chi connectivity index (χ0v) is 21.9. The lowest BCUT2D eigenvalue weighted by Crippen LogP contribution is -2.68. The van der Waals surface area contributed by atoms with Crippen molar-refractivity contribution >= 4 is 17.0 Å². The van der Waals surface area contributed by atoms with Crippen LogP contribution in [0.5, 0.6) is 5.88 Å². The molecule has 2 bridgehead atoms. The Morgan fingerprint density at radius 2 is 1.79 bits per heavy atom. The molecule has 0 aromatic carbocycles. The number of nitriles is 1. The summed E-state index contributed by atoms with van der Waals surface area (Å²) in [5.41, 5.74) is 5.86. The summed E-state index contributed by atoms with van der Waals surface area (Å²) < 4.78 is 7.06. The number of hydrogen-bond donors (Lipinski definition) is 0. The predicted molar refractivity (Wildman–Crippen MR) is 148 cm³/mol. The molecule has 4 aromatic rings. The summed E-state index contributed by atoms with van der Waals surface area (Å²) >= 11 is 0. The molecule has 8 heterocycles. The lowest BCUT2D eigenvalue weighted by atomic mass is 9.87. The fourth-order valence-corrected chi connectivity index (χ4v) is 6.89. The van der Waals surface area contributed by atoms with Gasteiger partial charge in [0.25, 0.3) is 0 Å². The molecule has 9 rings (SSSR count). The molecule has 0 spiro atoms. The molecule has 0 N–H and O–H groups in total. The van der Waals surface area contributed by atoms with E-state index in [4.69, 9.17) is 9.72 Å². The monoisotopic (exact) mass is 518 g/mol. The molecule has 5 aliphatic rings. The number of pyridine rings is 3. The van der Waals surface area contributed by atoms with Gasteiger partial charge in [-0.05, 0) is 48.4 Å². The molecule has 0 radical (unpaired) electrons. The Morgan fingerprint density at radius 1 is 0.949 bits per heavy atom. The fraction of sp³-hybridized carbons (Fsp3) is 0.400. The summed E-state index contributed by atoms with van der Waals surface area (Å²) in [5, 5.41) is 14.3. The van der Waals surface area contributed by atoms with Crippen LogP contribution < -0.4 is 14.5 Å². The lowest BCUT2D eigenvalue weighted by molar-refractivity contribution is -0.00876. The van der Waals surface area contributed by atoms with Crippen molar-refractivity contribution in [1.29, 1.82) is 5.26 Å². The molecule has 5 fully saturated rings. The number of ether oxygens (including phenoxy) is 1. The van der Waals surface area contributed by atoms with Crippen LogP contribution in [0.4, 0.5) is 11.5 Å². The lowest BCUT2D eigenvalue weighted by Gasteiger charge is -2.56. The van der Waals surface area contributed by atoms with E-state index in [1.165, 1.54) is 24.1 Å². The van der Waals surface area contributed by atoms with E-state index in [1.807, 2.05) is 23.0 Å². The molecule has 4 atom stereocenters. The minimum atomic E-state index is 0.528. The number of aromatic nitrogens is 4. The van der Waals surface area contributed by atoms with E-state index >= 15 is 0 Å². The molecule has 4 saturated heterocycles. The molecule has 1 aliphatic carbocycles. The first kappa shape index (κ1) is 22.8. The van der Waals surface area contributed by atoms with Gasteiger partial charge >= 0.3 is 0 Å². The third kappa shape index (κ3) is 3.81. The molecule has 9 heteroatoms. The topological polar surface area (TPSA) is 85.8 Å². The smallest absolute Gasteiger partial charge is 0.212 e. The van der Waals surface area contributed by atoms with E-state index in [-0.39, 0.29) is 0 Å². The quantitative estimate of drug-likeness (QED) is 0.383. The maximum absolute atomic E-state index is 9.75. The molecule has 9 nitrogen and oxygen atoms in total. The summed E-state index contributed by atoms with van der Waals surface area (Å²) in [7, 11) is 1.65. The van der Waals surface area contributed by atoms with Crippen LogP contribution in [-0.2, 0) is 6.54 Å². The molecule has 0 amide bonds. The molecule has 4 aromatic heterocycles. The summed E-state index contributed by atoms with van der Waals surface area (Å²) in [6, 6.07) is 13.9. The number of hydrogen-bond acceptors (Lipinski definition) is 8. The second-order valence-electron chi connectivity index (χ2n) is 11.5. The molecule has 1 saturated carbocycles. The van der Waals surface area contributed by atoms with Crippen LogP contribution in [0.25, 0.3) is 16.6 Å². The second kappa shape index (κ2) is 8.68. The number of methoxy groups -OCH3 is 1. The number of fused-ring (bicyclic) bond motifs is 4. The van der Waals surface area contributed by atoms with Gasteiger partial charge in [0.15, 0.2) is 0 Å². The van der Waals surface area contributed by atoms with Gasteiger partial charge in [-0.2, -0.15) is 10.4 Å². The van der Waals surface area contributed by atoms with Crippen molar-refractivity contribution in [2.45, 2.75) is 31.5 Å². The first-order valence-corrected chi connectivity index (χ1v) is 13.8. The van der Waals surface area contributed by atoms with Gasteiger partial charge in [0.1, 0.15) is 11.9 Å². The average molecular weight is 519 g/mol. The van der Waals surface area contributed by atoms with Gasteiger partial charge in [-0.1, -0.05) is 6.07 Å². The average Bonchev–Trinajstić information content (AvgIpc) is 3.38. The van der Waals surface area contributed by atoms with Crippen LogP contribution in [0.2, 0.25) is 0 Å². The molecule has 196 valence electrons. The maximum Gasteiger partial charge on any atom is 0.212 e. The van der Waals surface area contributed by atoms with Gasteiger partial charge in [-0.3, -0.25) is 4.90 Å². The van der Waals surface area contributed by atoms with Gasteiger partial charge in [0.05, 0.1) is 36.3 Å². The number of rotatable bonds is 6. The Labute approximate surface area is 227 Å². The van der Waals surface area contributed by atoms with Crippen LogP contribution in [0.3, 0.4) is 0 Å². The van der Waals surface area contributed by atoms with Crippen molar-refractivity contribution in [3.05, 3.63) is 66.2 Å². The minimum Gasteiger partial charge on any atom is -0.481 e. The molecular formula is C30H30N8O. The highest BCUT2D eigenvalue weighted by Gasteiger charge is 2.46. The molecular weight excluding hydrogens is 488 g/mol. The summed E-state index contributed by atoms with van der Waals surface area (Å²) in [4.78, 5) is 16.7. The Hall–Kier alpha value is -4.16. The highest BCUT2D eigenvalue weighted by molar-refractivity contribution is 5.86. The molecule has 4 unspecified atom stereocenters. The maximum atomic E-state index is 9.75. The van der Waals surface area contributed by atoms with Crippen LogP contribution in [-0.4, -0.2) is 69.9 Å². The Morgan fingerprint density at radius 3 is 2.49 bits per heavy atom. The van der Waals surface area contributed by atoms with Crippen molar-refractivity contribution < 1.29 is 4.74 Å². The minimum absolute atomic E-state index is 0.528. The zero-order chi connectivity index (χ0) is 26.1. The third-order valence-corrected chi connectivity index (χ3v) is 9.16. The summed E-state index contributed by atoms with van der Waals surface area (Å²) in [5.74, 6) is 3.36. The highest BCUT2D eigenvalue weighted by atomic mass is 16.5. The third-order valence-electron chi connectivity index (χ3n) is 9.16. The number of piperidine rings is 2. The molecule has 39 heavy (non-hydrogen) atoms. The first-order valence-electron chi connectivity index (χ1n) is 13.8. The van der Waals surface area contributed by atoms with E-state index in [0.29, 0.717) is 23.5 Å². The van der Waals surface area contributed by atoms with Crippen molar-refractivity contribution in [2.24, 2.45) is 11.8 Å². The largest absolute Gasteiger partial charge is 0.481 e. The van der Waals surface area contributed by atoms with Gasteiger partial charge in [0, 0.05) is 74.4 Å². The van der Waals surface area contributed by atoms with Crippen molar-refractivity contribution in [3.8, 4) is 23.1 Å². The SMILES string of the molecule is COc1ccc(CN2C3CC2CN(c2ccc(-c4cc(N5CC6CC6C5)cn5ncc(C#N)c45)cn2)C3)cn1.